The van der Waals surface area contributed by atoms with Crippen molar-refractivity contribution in [3.63, 3.8) is 0 Å². The second-order valence-corrected chi connectivity index (χ2v) is 8.97. The van der Waals surface area contributed by atoms with Crippen LogP contribution in [0.4, 0.5) is 0 Å². The van der Waals surface area contributed by atoms with Crippen LogP contribution in [0.15, 0.2) is 24.3 Å². The Bertz CT molecular complexity index is 758. The van der Waals surface area contributed by atoms with E-state index >= 15 is 0 Å². The number of amides is 1. The number of piperidine rings is 1. The van der Waals surface area contributed by atoms with Crippen molar-refractivity contribution in [1.82, 2.24) is 15.4 Å². The number of benzene rings is 1. The van der Waals surface area contributed by atoms with Crippen molar-refractivity contribution in [3.8, 4) is 0 Å². The highest BCUT2D eigenvalue weighted by molar-refractivity contribution is 7.90. The average Bonchev–Trinajstić information content (AvgIpc) is 2.67. The van der Waals surface area contributed by atoms with Crippen LogP contribution >= 0.6 is 0 Å². The lowest BCUT2D eigenvalue weighted by Crippen LogP contribution is -2.42. The lowest BCUT2D eigenvalue weighted by molar-refractivity contribution is -0.136. The molecule has 1 aliphatic rings. The number of sulfonamides is 1. The van der Waals surface area contributed by atoms with Crippen LogP contribution in [0, 0.1) is 0 Å². The smallest absolute Gasteiger partial charge is 0.323 e. The molecule has 1 amide bonds. The lowest BCUT2D eigenvalue weighted by Gasteiger charge is -2.23. The quantitative estimate of drug-likeness (QED) is 0.424. The predicted molar refractivity (Wildman–Crippen MR) is 107 cm³/mol. The normalized spacial score (nSPS) is 16.5. The Morgan fingerprint density at radius 2 is 1.86 bits per heavy atom. The van der Waals surface area contributed by atoms with E-state index in [4.69, 9.17) is 0 Å². The third-order valence-electron chi connectivity index (χ3n) is 4.80. The monoisotopic (exact) mass is 411 g/mol. The first kappa shape index (κ1) is 22.3. The Morgan fingerprint density at radius 3 is 2.43 bits per heavy atom. The minimum atomic E-state index is -3.97. The van der Waals surface area contributed by atoms with E-state index in [2.05, 4.69) is 15.4 Å². The Balaban J connectivity index is 2.00. The first-order valence-corrected chi connectivity index (χ1v) is 11.2. The summed E-state index contributed by atoms with van der Waals surface area (Å²) in [5, 5.41) is 14.0. The van der Waals surface area contributed by atoms with Gasteiger partial charge in [-0.2, -0.15) is 0 Å². The summed E-state index contributed by atoms with van der Waals surface area (Å²) in [6.07, 6.45) is 3.06. The number of rotatable bonds is 10. The third-order valence-corrected chi connectivity index (χ3v) is 6.52. The molecule has 4 N–H and O–H groups in total. The van der Waals surface area contributed by atoms with Gasteiger partial charge in [-0.15, -0.1) is 0 Å². The summed E-state index contributed by atoms with van der Waals surface area (Å²) in [7, 11) is -3.97. The van der Waals surface area contributed by atoms with Crippen molar-refractivity contribution < 1.29 is 23.1 Å². The average molecular weight is 412 g/mol. The lowest BCUT2D eigenvalue weighted by atomic mass is 10.0. The number of carbonyl (C=O) groups excluding carboxylic acids is 1. The van der Waals surface area contributed by atoms with E-state index in [1.54, 1.807) is 24.3 Å². The number of nitrogens with one attached hydrogen (secondary N) is 3. The number of carboxylic acids is 1. The van der Waals surface area contributed by atoms with Gasteiger partial charge < -0.3 is 15.7 Å². The van der Waals surface area contributed by atoms with Crippen LogP contribution in [0.5, 0.6) is 0 Å². The molecule has 0 aromatic heterocycles. The van der Waals surface area contributed by atoms with Crippen molar-refractivity contribution in [3.05, 3.63) is 35.4 Å². The second kappa shape index (κ2) is 10.5. The van der Waals surface area contributed by atoms with E-state index in [-0.39, 0.29) is 24.9 Å². The van der Waals surface area contributed by atoms with Gasteiger partial charge in [-0.3, -0.25) is 9.59 Å². The molecule has 0 unspecified atom stereocenters. The maximum atomic E-state index is 12.3. The number of hydrogen-bond acceptors (Lipinski definition) is 5. The van der Waals surface area contributed by atoms with Crippen LogP contribution in [0.25, 0.3) is 0 Å². The van der Waals surface area contributed by atoms with Gasteiger partial charge in [0.15, 0.2) is 5.25 Å². The van der Waals surface area contributed by atoms with E-state index < -0.39 is 21.2 Å². The molecule has 1 aromatic carbocycles. The maximum absolute atomic E-state index is 12.3. The highest BCUT2D eigenvalue weighted by Gasteiger charge is 2.32. The van der Waals surface area contributed by atoms with Crippen LogP contribution in [0.3, 0.4) is 0 Å². The van der Waals surface area contributed by atoms with Gasteiger partial charge in [-0.25, -0.2) is 13.1 Å². The Hall–Kier alpha value is -1.97. The van der Waals surface area contributed by atoms with Gasteiger partial charge in [0.05, 0.1) is 0 Å². The summed E-state index contributed by atoms with van der Waals surface area (Å²) in [6, 6.07) is 6.55. The summed E-state index contributed by atoms with van der Waals surface area (Å²) >= 11 is 0. The topological polar surface area (TPSA) is 125 Å². The zero-order chi connectivity index (χ0) is 20.6. The molecule has 1 saturated heterocycles. The van der Waals surface area contributed by atoms with E-state index in [1.807, 2.05) is 6.92 Å². The van der Waals surface area contributed by atoms with E-state index in [9.17, 15) is 23.1 Å². The van der Waals surface area contributed by atoms with Gasteiger partial charge in [-0.1, -0.05) is 25.5 Å². The molecule has 1 aromatic rings. The van der Waals surface area contributed by atoms with Gasteiger partial charge >= 0.3 is 5.97 Å². The van der Waals surface area contributed by atoms with Gasteiger partial charge in [0.25, 0.3) is 5.91 Å². The summed E-state index contributed by atoms with van der Waals surface area (Å²) in [4.78, 5) is 23.8. The predicted octanol–water partition coefficient (Wildman–Crippen LogP) is 0.884. The molecule has 8 nitrogen and oxygen atoms in total. The molecule has 2 rings (SSSR count). The molecule has 0 aliphatic carbocycles. The first-order valence-electron chi connectivity index (χ1n) is 9.65. The molecule has 28 heavy (non-hydrogen) atoms. The fourth-order valence-corrected chi connectivity index (χ4v) is 4.37. The fourth-order valence-electron chi connectivity index (χ4n) is 3.06. The van der Waals surface area contributed by atoms with Crippen LogP contribution in [-0.2, 0) is 21.2 Å². The Kier molecular flexibility index (Phi) is 8.40. The van der Waals surface area contributed by atoms with Gasteiger partial charge in [0, 0.05) is 24.6 Å². The third kappa shape index (κ3) is 6.57. The molecular formula is C19H29N3O5S. The van der Waals surface area contributed by atoms with Crippen LogP contribution in [0.2, 0.25) is 0 Å². The zero-order valence-electron chi connectivity index (χ0n) is 16.1. The molecule has 0 bridgehead atoms. The van der Waals surface area contributed by atoms with Crippen molar-refractivity contribution >= 4 is 21.9 Å². The molecule has 156 valence electrons. The van der Waals surface area contributed by atoms with Crippen LogP contribution < -0.4 is 15.4 Å². The Morgan fingerprint density at radius 1 is 1.21 bits per heavy atom. The van der Waals surface area contributed by atoms with Crippen molar-refractivity contribution in [2.75, 3.05) is 19.6 Å². The number of carboxylic acid groups (broad SMARTS) is 1. The summed E-state index contributed by atoms with van der Waals surface area (Å²) in [5.41, 5.74) is 1.02. The van der Waals surface area contributed by atoms with Crippen molar-refractivity contribution in [1.29, 1.82) is 0 Å². The van der Waals surface area contributed by atoms with Crippen molar-refractivity contribution in [2.45, 2.75) is 50.3 Å². The van der Waals surface area contributed by atoms with E-state index in [1.165, 1.54) is 0 Å². The molecule has 0 radical (unpaired) electrons. The van der Waals surface area contributed by atoms with Gasteiger partial charge in [0.1, 0.15) is 0 Å². The summed E-state index contributed by atoms with van der Waals surface area (Å²) < 4.78 is 26.9. The summed E-state index contributed by atoms with van der Waals surface area (Å²) in [6.45, 7) is 3.90. The number of hydrogen-bond donors (Lipinski definition) is 4. The van der Waals surface area contributed by atoms with E-state index in [0.717, 1.165) is 32.4 Å². The molecule has 1 aliphatic heterocycles. The van der Waals surface area contributed by atoms with Gasteiger partial charge in [-0.05, 0) is 50.0 Å². The first-order chi connectivity index (χ1) is 13.3. The van der Waals surface area contributed by atoms with Gasteiger partial charge in [0.2, 0.25) is 10.0 Å². The zero-order valence-corrected chi connectivity index (χ0v) is 16.9. The molecule has 1 fully saturated rings. The SMILES string of the molecule is CCCCNS(=O)(=O)[C@@H](Cc1ccc(C(=O)NC2CCNCC2)cc1)C(=O)O. The number of carbonyl (C=O) groups is 2. The van der Waals surface area contributed by atoms with Crippen LogP contribution in [0.1, 0.15) is 48.5 Å². The molecule has 1 heterocycles. The number of unbranched alkanes of at least 4 members (excludes halogenated alkanes) is 1. The number of aliphatic carboxylic acids is 1. The summed E-state index contributed by atoms with van der Waals surface area (Å²) in [5.74, 6) is -1.57. The minimum absolute atomic E-state index is 0.143. The van der Waals surface area contributed by atoms with Crippen molar-refractivity contribution in [2.24, 2.45) is 0 Å². The molecule has 1 atom stereocenters. The van der Waals surface area contributed by atoms with E-state index in [0.29, 0.717) is 17.5 Å². The molecule has 0 spiro atoms. The van der Waals surface area contributed by atoms with Crippen LogP contribution in [-0.4, -0.2) is 56.3 Å². The Labute approximate surface area is 166 Å². The highest BCUT2D eigenvalue weighted by atomic mass is 32.2. The fraction of sp³-hybridized carbons (Fsp3) is 0.579. The minimum Gasteiger partial charge on any atom is -0.480 e. The molecular weight excluding hydrogens is 382 g/mol. The standard InChI is InChI=1S/C19H29N3O5S/c1-2-3-10-21-28(26,27)17(19(24)25)13-14-4-6-15(7-5-14)18(23)22-16-8-11-20-12-9-16/h4-7,16-17,20-21H,2-3,8-13H2,1H3,(H,22,23)(H,24,25)/t17-/m0/s1. The second-order valence-electron chi connectivity index (χ2n) is 7.02. The maximum Gasteiger partial charge on any atom is 0.323 e. The highest BCUT2D eigenvalue weighted by Crippen LogP contribution is 2.13. The molecule has 0 saturated carbocycles. The molecule has 9 heteroatoms. The largest absolute Gasteiger partial charge is 0.480 e.